The molecule has 7 nitrogen and oxygen atoms in total. The van der Waals surface area contributed by atoms with Gasteiger partial charge in [0.1, 0.15) is 5.75 Å². The van der Waals surface area contributed by atoms with E-state index in [1.807, 2.05) is 0 Å². The van der Waals surface area contributed by atoms with Crippen LogP contribution in [0.15, 0.2) is 6.07 Å². The van der Waals surface area contributed by atoms with Crippen molar-refractivity contribution in [3.8, 4) is 5.75 Å². The van der Waals surface area contributed by atoms with E-state index in [4.69, 9.17) is 9.26 Å². The summed E-state index contributed by atoms with van der Waals surface area (Å²) in [4.78, 5) is 13.9. The molecule has 0 bridgehead atoms. The summed E-state index contributed by atoms with van der Waals surface area (Å²) in [6, 6.07) is 1.05. The van der Waals surface area contributed by atoms with E-state index in [2.05, 4.69) is 14.5 Å². The molecule has 11 heteroatoms. The zero-order chi connectivity index (χ0) is 21.7. The van der Waals surface area contributed by atoms with Crippen LogP contribution in [0.4, 0.5) is 13.2 Å². The molecule has 164 valence electrons. The molecule has 0 aromatic carbocycles. The SMILES string of the molecule is CCOc1c(CCOP)cc(C(O)(C[N+](=O)[O-])C(F)(F)F)nc1C1CCCCC1. The second kappa shape index (κ2) is 10.00. The Labute approximate surface area is 169 Å². The number of nitrogens with zero attached hydrogens (tertiary/aromatic N) is 2. The van der Waals surface area contributed by atoms with Crippen LogP contribution < -0.4 is 4.74 Å². The maximum atomic E-state index is 13.7. The molecule has 2 rings (SSSR count). The van der Waals surface area contributed by atoms with E-state index < -0.39 is 28.9 Å². The molecule has 0 spiro atoms. The first kappa shape index (κ1) is 23.8. The third kappa shape index (κ3) is 5.55. The first-order valence-electron chi connectivity index (χ1n) is 9.53. The predicted octanol–water partition coefficient (Wildman–Crippen LogP) is 3.90. The summed E-state index contributed by atoms with van der Waals surface area (Å²) in [6.45, 7) is 0.500. The molecule has 1 aliphatic rings. The minimum Gasteiger partial charge on any atom is -0.492 e. The van der Waals surface area contributed by atoms with Crippen LogP contribution in [-0.4, -0.2) is 40.9 Å². The van der Waals surface area contributed by atoms with Crippen molar-refractivity contribution in [2.75, 3.05) is 19.8 Å². The summed E-state index contributed by atoms with van der Waals surface area (Å²) in [5, 5.41) is 21.3. The Morgan fingerprint density at radius 1 is 1.34 bits per heavy atom. The summed E-state index contributed by atoms with van der Waals surface area (Å²) >= 11 is 0. The zero-order valence-corrected chi connectivity index (χ0v) is 17.4. The van der Waals surface area contributed by atoms with Crippen molar-refractivity contribution < 1.29 is 32.5 Å². The van der Waals surface area contributed by atoms with Gasteiger partial charge in [-0.2, -0.15) is 13.2 Å². The minimum atomic E-state index is -5.27. The van der Waals surface area contributed by atoms with Gasteiger partial charge < -0.3 is 14.4 Å². The number of pyridine rings is 1. The van der Waals surface area contributed by atoms with Crippen molar-refractivity contribution >= 4 is 9.47 Å². The van der Waals surface area contributed by atoms with Crippen LogP contribution in [0.1, 0.15) is 61.9 Å². The highest BCUT2D eigenvalue weighted by Gasteiger charge is 2.60. The van der Waals surface area contributed by atoms with Crippen molar-refractivity contribution in [2.45, 2.75) is 63.1 Å². The molecule has 1 aromatic rings. The predicted molar refractivity (Wildman–Crippen MR) is 102 cm³/mol. The Bertz CT molecular complexity index is 713. The van der Waals surface area contributed by atoms with E-state index in [9.17, 15) is 28.4 Å². The maximum Gasteiger partial charge on any atom is 0.429 e. The second-order valence-electron chi connectivity index (χ2n) is 7.12. The summed E-state index contributed by atoms with van der Waals surface area (Å²) in [6.07, 6.45) is -0.749. The lowest BCUT2D eigenvalue weighted by molar-refractivity contribution is -0.519. The number of alkyl halides is 3. The molecule has 0 saturated heterocycles. The number of halogens is 3. The standard InChI is InChI=1S/C18H26F3N2O5P/c1-2-27-16-13(8-9-28-29)10-14(17(24,11-23(25)26)18(19,20)21)22-15(16)12-6-4-3-5-7-12/h10,12,24H,2-9,11,29H2,1H3. The highest BCUT2D eigenvalue weighted by molar-refractivity contribution is 7.09. The number of ether oxygens (including phenoxy) is 1. The van der Waals surface area contributed by atoms with Crippen LogP contribution in [-0.2, 0) is 16.5 Å². The first-order valence-corrected chi connectivity index (χ1v) is 10.0. The molecule has 2 unspecified atom stereocenters. The fraction of sp³-hybridized carbons (Fsp3) is 0.722. The van der Waals surface area contributed by atoms with Crippen molar-refractivity contribution in [1.29, 1.82) is 0 Å². The Kier molecular flexibility index (Phi) is 8.19. The quantitative estimate of drug-likeness (QED) is 0.357. The smallest absolute Gasteiger partial charge is 0.429 e. The summed E-state index contributed by atoms with van der Waals surface area (Å²) in [5.41, 5.74) is -3.76. The van der Waals surface area contributed by atoms with Gasteiger partial charge in [0, 0.05) is 25.9 Å². The van der Waals surface area contributed by atoms with Gasteiger partial charge in [0.15, 0.2) is 0 Å². The number of aromatic nitrogens is 1. The number of hydrogen-bond acceptors (Lipinski definition) is 6. The minimum absolute atomic E-state index is 0.131. The molecule has 1 aliphatic carbocycles. The molecular weight excluding hydrogens is 412 g/mol. The van der Waals surface area contributed by atoms with Gasteiger partial charge in [0.2, 0.25) is 6.54 Å². The lowest BCUT2D eigenvalue weighted by Gasteiger charge is -2.30. The first-order chi connectivity index (χ1) is 13.6. The normalized spacial score (nSPS) is 17.7. The number of nitro groups is 1. The highest BCUT2D eigenvalue weighted by Crippen LogP contribution is 2.43. The van der Waals surface area contributed by atoms with Crippen LogP contribution >= 0.6 is 9.47 Å². The molecule has 0 radical (unpaired) electrons. The van der Waals surface area contributed by atoms with Crippen molar-refractivity contribution in [1.82, 2.24) is 4.98 Å². The van der Waals surface area contributed by atoms with Crippen molar-refractivity contribution in [3.63, 3.8) is 0 Å². The van der Waals surface area contributed by atoms with Crippen LogP contribution in [0.2, 0.25) is 0 Å². The van der Waals surface area contributed by atoms with Crippen molar-refractivity contribution in [2.24, 2.45) is 0 Å². The fourth-order valence-corrected chi connectivity index (χ4v) is 3.76. The van der Waals surface area contributed by atoms with Crippen molar-refractivity contribution in [3.05, 3.63) is 33.1 Å². The van der Waals surface area contributed by atoms with Gasteiger partial charge in [-0.25, -0.2) is 4.98 Å². The monoisotopic (exact) mass is 438 g/mol. The van der Waals surface area contributed by atoms with Gasteiger partial charge in [0.25, 0.3) is 5.60 Å². The van der Waals surface area contributed by atoms with E-state index >= 15 is 0 Å². The molecule has 1 heterocycles. The molecule has 1 saturated carbocycles. The van der Waals surface area contributed by atoms with Gasteiger partial charge in [-0.15, -0.1) is 0 Å². The third-order valence-corrected chi connectivity index (χ3v) is 5.33. The topological polar surface area (TPSA) is 94.7 Å². The largest absolute Gasteiger partial charge is 0.492 e. The van der Waals surface area contributed by atoms with Crippen LogP contribution in [0, 0.1) is 10.1 Å². The third-order valence-electron chi connectivity index (χ3n) is 5.10. The molecule has 2 atom stereocenters. The number of aliphatic hydroxyl groups is 1. The zero-order valence-electron chi connectivity index (χ0n) is 16.2. The molecule has 1 aromatic heterocycles. The van der Waals surface area contributed by atoms with Gasteiger partial charge in [-0.05, 0) is 32.3 Å². The van der Waals surface area contributed by atoms with E-state index in [1.54, 1.807) is 6.92 Å². The Balaban J connectivity index is 2.68. The van der Waals surface area contributed by atoms with E-state index in [0.717, 1.165) is 38.2 Å². The lowest BCUT2D eigenvalue weighted by Crippen LogP contribution is -2.48. The fourth-order valence-electron chi connectivity index (χ4n) is 3.64. The molecule has 0 aliphatic heterocycles. The molecule has 0 amide bonds. The summed E-state index contributed by atoms with van der Waals surface area (Å²) < 4.78 is 51.8. The second-order valence-corrected chi connectivity index (χ2v) is 7.45. The van der Waals surface area contributed by atoms with E-state index in [0.29, 0.717) is 17.0 Å². The maximum absolute atomic E-state index is 13.7. The molecule has 1 fully saturated rings. The van der Waals surface area contributed by atoms with E-state index in [-0.39, 0.29) is 25.6 Å². The van der Waals surface area contributed by atoms with Gasteiger partial charge in [0.05, 0.1) is 24.6 Å². The number of hydrogen-bond donors (Lipinski definition) is 1. The van der Waals surface area contributed by atoms with Crippen LogP contribution in [0.25, 0.3) is 0 Å². The average molecular weight is 438 g/mol. The highest BCUT2D eigenvalue weighted by atomic mass is 31.0. The van der Waals surface area contributed by atoms with Gasteiger partial charge in [-0.3, -0.25) is 10.1 Å². The Hall–Kier alpha value is -1.51. The van der Waals surface area contributed by atoms with Gasteiger partial charge >= 0.3 is 6.18 Å². The van der Waals surface area contributed by atoms with Crippen LogP contribution in [0.5, 0.6) is 5.75 Å². The van der Waals surface area contributed by atoms with Crippen LogP contribution in [0.3, 0.4) is 0 Å². The lowest BCUT2D eigenvalue weighted by atomic mass is 9.84. The van der Waals surface area contributed by atoms with E-state index in [1.165, 1.54) is 0 Å². The summed E-state index contributed by atoms with van der Waals surface area (Å²) in [5.74, 6) is 0.254. The molecule has 1 N–H and O–H groups in total. The Morgan fingerprint density at radius 2 is 2.00 bits per heavy atom. The van der Waals surface area contributed by atoms with Gasteiger partial charge in [-0.1, -0.05) is 19.3 Å². The summed E-state index contributed by atoms with van der Waals surface area (Å²) in [7, 11) is 2.06. The average Bonchev–Trinajstić information content (AvgIpc) is 2.66. The molecular formula is C18H26F3N2O5P. The molecule has 29 heavy (non-hydrogen) atoms. The number of rotatable bonds is 9. The Morgan fingerprint density at radius 3 is 2.52 bits per heavy atom.